The van der Waals surface area contributed by atoms with Gasteiger partial charge >= 0.3 is 7.60 Å². The third-order valence-corrected chi connectivity index (χ3v) is 4.15. The molecule has 3 nitrogen and oxygen atoms in total. The lowest BCUT2D eigenvalue weighted by molar-refractivity contribution is 0.0391. The molecule has 0 bridgehead atoms. The number of hydrogen-bond donors (Lipinski definition) is 0. The van der Waals surface area contributed by atoms with Gasteiger partial charge < -0.3 is 9.05 Å². The van der Waals surface area contributed by atoms with E-state index < -0.39 is 7.60 Å². The lowest BCUT2D eigenvalue weighted by Crippen LogP contribution is -2.31. The van der Waals surface area contributed by atoms with Crippen LogP contribution in [0.1, 0.15) is 27.7 Å². The molecule has 1 aliphatic rings. The molecule has 12 heavy (non-hydrogen) atoms. The molecule has 1 heterocycles. The molecule has 0 aliphatic carbocycles. The van der Waals surface area contributed by atoms with Crippen LogP contribution in [-0.2, 0) is 13.6 Å². The van der Waals surface area contributed by atoms with Crippen molar-refractivity contribution in [2.45, 2.75) is 33.4 Å². The molecule has 0 aromatic heterocycles. The van der Waals surface area contributed by atoms with Crippen molar-refractivity contribution >= 4 is 7.60 Å². The predicted molar refractivity (Wildman–Crippen MR) is 48.4 cm³/mol. The molecule has 1 aliphatic heterocycles. The Morgan fingerprint density at radius 2 is 1.67 bits per heavy atom. The largest absolute Gasteiger partial charge is 0.333 e. The van der Waals surface area contributed by atoms with Crippen LogP contribution in [0.2, 0.25) is 0 Å². The Morgan fingerprint density at radius 3 is 2.00 bits per heavy atom. The second-order valence-corrected chi connectivity index (χ2v) is 6.97. The molecular weight excluding hydrogens is 175 g/mol. The molecular formula is C8H17O3P. The summed E-state index contributed by atoms with van der Waals surface area (Å²) in [5, 5.41) is 0. The first kappa shape index (κ1) is 10.2. The van der Waals surface area contributed by atoms with Crippen molar-refractivity contribution in [1.82, 2.24) is 0 Å². The fourth-order valence-electron chi connectivity index (χ4n) is 0.907. The van der Waals surface area contributed by atoms with Gasteiger partial charge in [-0.1, -0.05) is 27.7 Å². The van der Waals surface area contributed by atoms with Crippen LogP contribution in [0.15, 0.2) is 0 Å². The van der Waals surface area contributed by atoms with E-state index in [1.54, 1.807) is 0 Å². The Bertz CT molecular complexity index is 196. The highest BCUT2D eigenvalue weighted by Gasteiger charge is 2.38. The van der Waals surface area contributed by atoms with Crippen molar-refractivity contribution in [3.63, 3.8) is 0 Å². The van der Waals surface area contributed by atoms with Crippen LogP contribution < -0.4 is 0 Å². The van der Waals surface area contributed by atoms with Crippen LogP contribution in [0.25, 0.3) is 0 Å². The predicted octanol–water partition coefficient (Wildman–Crippen LogP) is 2.66. The fraction of sp³-hybridized carbons (Fsp3) is 1.00. The highest BCUT2D eigenvalue weighted by Crippen LogP contribution is 2.57. The minimum Gasteiger partial charge on any atom is -0.308 e. The zero-order valence-corrected chi connectivity index (χ0v) is 9.06. The normalized spacial score (nSPS) is 27.4. The smallest absolute Gasteiger partial charge is 0.308 e. The van der Waals surface area contributed by atoms with E-state index in [1.807, 2.05) is 27.7 Å². The molecule has 1 saturated heterocycles. The summed E-state index contributed by atoms with van der Waals surface area (Å²) in [6.45, 7) is 8.86. The summed E-state index contributed by atoms with van der Waals surface area (Å²) in [4.78, 5) is 0. The van der Waals surface area contributed by atoms with Gasteiger partial charge in [0.1, 0.15) is 0 Å². The van der Waals surface area contributed by atoms with E-state index in [4.69, 9.17) is 9.05 Å². The molecule has 0 spiro atoms. The molecule has 0 N–H and O–H groups in total. The number of hydrogen-bond acceptors (Lipinski definition) is 3. The maximum atomic E-state index is 11.8. The third-order valence-electron chi connectivity index (χ3n) is 1.90. The Morgan fingerprint density at radius 1 is 1.25 bits per heavy atom. The first-order chi connectivity index (χ1) is 5.36. The van der Waals surface area contributed by atoms with Crippen LogP contribution in [0.4, 0.5) is 0 Å². The quantitative estimate of drug-likeness (QED) is 0.599. The van der Waals surface area contributed by atoms with Crippen LogP contribution in [0.5, 0.6) is 0 Å². The van der Waals surface area contributed by atoms with Crippen LogP contribution in [0.3, 0.4) is 0 Å². The standard InChI is InChI=1S/C8H17O3P/c1-7(2)12(9)10-5-8(3,4)6-11-12/h7H,5-6H2,1-4H3. The molecule has 0 aromatic rings. The molecule has 0 saturated carbocycles. The van der Waals surface area contributed by atoms with Crippen molar-refractivity contribution < 1.29 is 13.6 Å². The molecule has 1 fully saturated rings. The van der Waals surface area contributed by atoms with E-state index in [0.717, 1.165) is 0 Å². The summed E-state index contributed by atoms with van der Waals surface area (Å²) >= 11 is 0. The Kier molecular flexibility index (Phi) is 2.67. The third kappa shape index (κ3) is 2.09. The lowest BCUT2D eigenvalue weighted by atomic mass is 9.97. The van der Waals surface area contributed by atoms with Crippen molar-refractivity contribution in [1.29, 1.82) is 0 Å². The summed E-state index contributed by atoms with van der Waals surface area (Å²) in [5.74, 6) is 0. The van der Waals surface area contributed by atoms with Crippen LogP contribution >= 0.6 is 7.60 Å². The van der Waals surface area contributed by atoms with Crippen LogP contribution in [0, 0.1) is 5.41 Å². The SMILES string of the molecule is CC(C)P1(=O)OCC(C)(C)CO1. The Hall–Kier alpha value is 0.150. The van der Waals surface area contributed by atoms with Gasteiger partial charge in [-0.2, -0.15) is 0 Å². The van der Waals surface area contributed by atoms with Crippen molar-refractivity contribution in [3.05, 3.63) is 0 Å². The van der Waals surface area contributed by atoms with E-state index >= 15 is 0 Å². The van der Waals surface area contributed by atoms with Gasteiger partial charge in [0.2, 0.25) is 0 Å². The molecule has 0 aromatic carbocycles. The maximum Gasteiger partial charge on any atom is 0.333 e. The van der Waals surface area contributed by atoms with Gasteiger partial charge in [0.15, 0.2) is 0 Å². The van der Waals surface area contributed by atoms with Gasteiger partial charge in [-0.15, -0.1) is 0 Å². The first-order valence-electron chi connectivity index (χ1n) is 4.25. The van der Waals surface area contributed by atoms with E-state index in [1.165, 1.54) is 0 Å². The number of rotatable bonds is 1. The van der Waals surface area contributed by atoms with E-state index in [0.29, 0.717) is 13.2 Å². The van der Waals surface area contributed by atoms with Crippen LogP contribution in [-0.4, -0.2) is 18.9 Å². The van der Waals surface area contributed by atoms with Crippen molar-refractivity contribution in [2.75, 3.05) is 13.2 Å². The molecule has 0 radical (unpaired) electrons. The lowest BCUT2D eigenvalue weighted by Gasteiger charge is -2.35. The minimum atomic E-state index is -2.77. The van der Waals surface area contributed by atoms with Crippen molar-refractivity contribution in [3.8, 4) is 0 Å². The summed E-state index contributed by atoms with van der Waals surface area (Å²) in [7, 11) is -2.77. The van der Waals surface area contributed by atoms with Gasteiger partial charge in [0.05, 0.1) is 18.9 Å². The molecule has 1 rings (SSSR count). The summed E-state index contributed by atoms with van der Waals surface area (Å²) in [6, 6.07) is 0. The average molecular weight is 192 g/mol. The molecule has 72 valence electrons. The average Bonchev–Trinajstić information content (AvgIpc) is 1.96. The van der Waals surface area contributed by atoms with E-state index in [2.05, 4.69) is 0 Å². The van der Waals surface area contributed by atoms with E-state index in [-0.39, 0.29) is 11.1 Å². The fourth-order valence-corrected chi connectivity index (χ4v) is 2.64. The zero-order chi connectivity index (χ0) is 9.41. The second-order valence-electron chi connectivity index (χ2n) is 4.34. The summed E-state index contributed by atoms with van der Waals surface area (Å²) in [6.07, 6.45) is 0. The second kappa shape index (κ2) is 3.13. The minimum absolute atomic E-state index is 0.00278. The monoisotopic (exact) mass is 192 g/mol. The molecule has 4 heteroatoms. The molecule has 0 atom stereocenters. The van der Waals surface area contributed by atoms with Gasteiger partial charge in [0.25, 0.3) is 0 Å². The van der Waals surface area contributed by atoms with Crippen molar-refractivity contribution in [2.24, 2.45) is 5.41 Å². The Labute approximate surface area is 74.0 Å². The Balaban J connectivity index is 2.62. The van der Waals surface area contributed by atoms with Gasteiger partial charge in [0, 0.05) is 5.41 Å². The summed E-state index contributed by atoms with van der Waals surface area (Å²) < 4.78 is 22.3. The first-order valence-corrected chi connectivity index (χ1v) is 5.86. The highest BCUT2D eigenvalue weighted by atomic mass is 31.2. The molecule has 0 unspecified atom stereocenters. The van der Waals surface area contributed by atoms with Gasteiger partial charge in [-0.3, -0.25) is 4.57 Å². The summed E-state index contributed by atoms with van der Waals surface area (Å²) in [5.41, 5.74) is -0.0309. The maximum absolute atomic E-state index is 11.8. The van der Waals surface area contributed by atoms with E-state index in [9.17, 15) is 4.57 Å². The van der Waals surface area contributed by atoms with Gasteiger partial charge in [-0.05, 0) is 0 Å². The zero-order valence-electron chi connectivity index (χ0n) is 8.16. The topological polar surface area (TPSA) is 35.5 Å². The molecule has 0 amide bonds. The van der Waals surface area contributed by atoms with Gasteiger partial charge in [-0.25, -0.2) is 0 Å². The highest BCUT2D eigenvalue weighted by molar-refractivity contribution is 7.54.